The van der Waals surface area contributed by atoms with Gasteiger partial charge in [-0.15, -0.1) is 0 Å². The molecule has 1 saturated heterocycles. The fourth-order valence-corrected chi connectivity index (χ4v) is 5.05. The monoisotopic (exact) mass is 456 g/mol. The van der Waals surface area contributed by atoms with Gasteiger partial charge in [0, 0.05) is 31.9 Å². The Morgan fingerprint density at radius 2 is 2.03 bits per heavy atom. The molecule has 1 fully saturated rings. The summed E-state index contributed by atoms with van der Waals surface area (Å²) in [6, 6.07) is 3.13. The first-order chi connectivity index (χ1) is 14.3. The number of nitrogens with zero attached hydrogens (tertiary/aromatic N) is 3. The van der Waals surface area contributed by atoms with Crippen molar-refractivity contribution in [1.82, 2.24) is 13.9 Å². The molecule has 1 aliphatic heterocycles. The summed E-state index contributed by atoms with van der Waals surface area (Å²) in [5, 5.41) is 3.12. The summed E-state index contributed by atoms with van der Waals surface area (Å²) in [7, 11) is -0.800. The third-order valence-corrected chi connectivity index (χ3v) is 7.11. The highest BCUT2D eigenvalue weighted by Gasteiger charge is 2.34. The van der Waals surface area contributed by atoms with Crippen LogP contribution in [0.15, 0.2) is 29.7 Å². The van der Waals surface area contributed by atoms with E-state index in [4.69, 9.17) is 21.1 Å². The van der Waals surface area contributed by atoms with Gasteiger partial charge in [-0.1, -0.05) is 11.6 Å². The van der Waals surface area contributed by atoms with E-state index in [-0.39, 0.29) is 17.5 Å². The number of sulfonamides is 1. The topological polar surface area (TPSA) is 103 Å². The second kappa shape index (κ2) is 9.23. The van der Waals surface area contributed by atoms with Gasteiger partial charge in [-0.05, 0) is 25.8 Å². The molecule has 1 aromatic carbocycles. The lowest BCUT2D eigenvalue weighted by molar-refractivity contribution is -0.120. The van der Waals surface area contributed by atoms with Crippen LogP contribution in [-0.2, 0) is 21.4 Å². The van der Waals surface area contributed by atoms with Crippen molar-refractivity contribution in [2.75, 3.05) is 32.6 Å². The number of benzene rings is 1. The summed E-state index contributed by atoms with van der Waals surface area (Å²) in [6.45, 7) is 2.96. The number of piperidine rings is 1. The number of hydrogen-bond acceptors (Lipinski definition) is 6. The number of carbonyl (C=O) groups excluding carboxylic acids is 1. The van der Waals surface area contributed by atoms with Crippen molar-refractivity contribution in [3.05, 3.63) is 29.7 Å². The summed E-state index contributed by atoms with van der Waals surface area (Å²) < 4.78 is 39.3. The van der Waals surface area contributed by atoms with E-state index in [1.807, 2.05) is 6.92 Å². The van der Waals surface area contributed by atoms with Gasteiger partial charge in [0.25, 0.3) is 10.0 Å². The van der Waals surface area contributed by atoms with Gasteiger partial charge in [-0.25, -0.2) is 13.4 Å². The molecule has 1 aliphatic rings. The second-order valence-electron chi connectivity index (χ2n) is 6.92. The van der Waals surface area contributed by atoms with Crippen LogP contribution in [0.1, 0.15) is 19.8 Å². The summed E-state index contributed by atoms with van der Waals surface area (Å²) >= 11 is 6.16. The Morgan fingerprint density at radius 3 is 2.67 bits per heavy atom. The number of aryl methyl sites for hydroxylation is 1. The molecule has 2 aromatic rings. The van der Waals surface area contributed by atoms with E-state index in [1.54, 1.807) is 16.7 Å². The first-order valence-corrected chi connectivity index (χ1v) is 11.4. The molecule has 0 aliphatic carbocycles. The fraction of sp³-hybridized carbons (Fsp3) is 0.474. The molecule has 1 atom stereocenters. The zero-order valence-corrected chi connectivity index (χ0v) is 18.7. The fourth-order valence-electron chi connectivity index (χ4n) is 3.35. The van der Waals surface area contributed by atoms with Crippen molar-refractivity contribution in [1.29, 1.82) is 0 Å². The van der Waals surface area contributed by atoms with Crippen LogP contribution in [0, 0.1) is 5.92 Å². The van der Waals surface area contributed by atoms with Crippen molar-refractivity contribution in [2.24, 2.45) is 5.92 Å². The molecule has 2 heterocycles. The van der Waals surface area contributed by atoms with Crippen molar-refractivity contribution in [3.8, 4) is 11.5 Å². The van der Waals surface area contributed by atoms with E-state index >= 15 is 0 Å². The van der Waals surface area contributed by atoms with Gasteiger partial charge < -0.3 is 19.4 Å². The Hall–Kier alpha value is -2.30. The van der Waals surface area contributed by atoms with E-state index in [1.165, 1.54) is 31.0 Å². The number of aromatic nitrogens is 2. The van der Waals surface area contributed by atoms with E-state index < -0.39 is 15.9 Å². The quantitative estimate of drug-likeness (QED) is 0.687. The van der Waals surface area contributed by atoms with E-state index in [9.17, 15) is 13.2 Å². The largest absolute Gasteiger partial charge is 0.495 e. The molecule has 0 radical (unpaired) electrons. The molecule has 0 saturated carbocycles. The van der Waals surface area contributed by atoms with Crippen LogP contribution < -0.4 is 14.8 Å². The Morgan fingerprint density at radius 1 is 1.30 bits per heavy atom. The molecule has 3 rings (SSSR count). The molecular formula is C19H25ClN4O5S. The summed E-state index contributed by atoms with van der Waals surface area (Å²) in [4.78, 5) is 16.9. The van der Waals surface area contributed by atoms with Crippen LogP contribution >= 0.6 is 11.6 Å². The van der Waals surface area contributed by atoms with E-state index in [0.717, 1.165) is 0 Å². The summed E-state index contributed by atoms with van der Waals surface area (Å²) in [6.07, 6.45) is 4.14. The molecule has 9 nitrogen and oxygen atoms in total. The minimum absolute atomic E-state index is 0.00554. The number of methoxy groups -OCH3 is 2. The van der Waals surface area contributed by atoms with Gasteiger partial charge in [-0.3, -0.25) is 4.79 Å². The van der Waals surface area contributed by atoms with Crippen molar-refractivity contribution in [3.63, 3.8) is 0 Å². The number of imidazole rings is 1. The van der Waals surface area contributed by atoms with Gasteiger partial charge in [0.05, 0.1) is 37.2 Å². The van der Waals surface area contributed by atoms with Crippen LogP contribution in [0.5, 0.6) is 11.5 Å². The lowest BCUT2D eigenvalue weighted by atomic mass is 9.98. The number of rotatable bonds is 7. The highest BCUT2D eigenvalue weighted by Crippen LogP contribution is 2.36. The standard InChI is InChI=1S/C19H25ClN4O5S/c1-4-23-11-18(21-12-23)30(26,27)24-7-5-6-13(10-24)19(25)22-15-8-14(20)16(28-2)9-17(15)29-3/h8-9,11-13H,4-7,10H2,1-3H3,(H,22,25)/t13-/m1/s1. The summed E-state index contributed by atoms with van der Waals surface area (Å²) in [5.41, 5.74) is 0.398. The second-order valence-corrected chi connectivity index (χ2v) is 9.21. The van der Waals surface area contributed by atoms with Crippen molar-refractivity contribution < 1.29 is 22.7 Å². The number of anilines is 1. The predicted octanol–water partition coefficient (Wildman–Crippen LogP) is 2.61. The molecule has 0 bridgehead atoms. The van der Waals surface area contributed by atoms with Crippen molar-refractivity contribution >= 4 is 33.2 Å². The molecule has 0 unspecified atom stereocenters. The van der Waals surface area contributed by atoms with E-state index in [2.05, 4.69) is 10.3 Å². The molecule has 1 N–H and O–H groups in total. The summed E-state index contributed by atoms with van der Waals surface area (Å²) in [5.74, 6) is 0.0175. The third-order valence-electron chi connectivity index (χ3n) is 5.07. The van der Waals surface area contributed by atoms with Crippen LogP contribution in [0.25, 0.3) is 0 Å². The Labute approximate surface area is 181 Å². The molecule has 11 heteroatoms. The Balaban J connectivity index is 1.75. The lowest BCUT2D eigenvalue weighted by Crippen LogP contribution is -2.43. The average molecular weight is 457 g/mol. The maximum absolute atomic E-state index is 12.9. The lowest BCUT2D eigenvalue weighted by Gasteiger charge is -2.30. The average Bonchev–Trinajstić information content (AvgIpc) is 3.24. The van der Waals surface area contributed by atoms with Gasteiger partial charge in [0.15, 0.2) is 5.03 Å². The predicted molar refractivity (Wildman–Crippen MR) is 113 cm³/mol. The molecule has 1 amide bonds. The first-order valence-electron chi connectivity index (χ1n) is 9.54. The number of carbonyl (C=O) groups is 1. The Kier molecular flexibility index (Phi) is 6.89. The van der Waals surface area contributed by atoms with Crippen LogP contribution in [0.2, 0.25) is 5.02 Å². The first kappa shape index (κ1) is 22.4. The maximum Gasteiger partial charge on any atom is 0.262 e. The molecular weight excluding hydrogens is 432 g/mol. The molecule has 1 aromatic heterocycles. The minimum atomic E-state index is -3.76. The smallest absolute Gasteiger partial charge is 0.262 e. The zero-order chi connectivity index (χ0) is 21.9. The molecule has 30 heavy (non-hydrogen) atoms. The zero-order valence-electron chi connectivity index (χ0n) is 17.1. The molecule has 0 spiro atoms. The maximum atomic E-state index is 12.9. The number of nitrogens with one attached hydrogen (secondary N) is 1. The minimum Gasteiger partial charge on any atom is -0.495 e. The number of hydrogen-bond donors (Lipinski definition) is 1. The third kappa shape index (κ3) is 4.55. The number of ether oxygens (including phenoxy) is 2. The van der Waals surface area contributed by atoms with Crippen LogP contribution in [0.3, 0.4) is 0 Å². The van der Waals surface area contributed by atoms with Crippen LogP contribution in [0.4, 0.5) is 5.69 Å². The number of amides is 1. The normalized spacial score (nSPS) is 17.5. The van der Waals surface area contributed by atoms with Gasteiger partial charge in [-0.2, -0.15) is 4.31 Å². The number of halogens is 1. The highest BCUT2D eigenvalue weighted by atomic mass is 35.5. The Bertz CT molecular complexity index is 1020. The van der Waals surface area contributed by atoms with Crippen molar-refractivity contribution in [2.45, 2.75) is 31.3 Å². The van der Waals surface area contributed by atoms with Gasteiger partial charge in [0.1, 0.15) is 11.5 Å². The highest BCUT2D eigenvalue weighted by molar-refractivity contribution is 7.89. The van der Waals surface area contributed by atoms with Gasteiger partial charge in [0.2, 0.25) is 5.91 Å². The van der Waals surface area contributed by atoms with E-state index in [0.29, 0.717) is 48.1 Å². The van der Waals surface area contributed by atoms with Crippen LogP contribution in [-0.4, -0.2) is 55.5 Å². The van der Waals surface area contributed by atoms with Gasteiger partial charge >= 0.3 is 0 Å². The molecule has 164 valence electrons. The SMILES string of the molecule is CCn1cnc(S(=O)(=O)N2CCC[C@@H](C(=O)Nc3cc(Cl)c(OC)cc3OC)C2)c1.